The number of anilines is 1. The van der Waals surface area contributed by atoms with Crippen molar-refractivity contribution in [2.75, 3.05) is 25.1 Å². The third-order valence-corrected chi connectivity index (χ3v) is 2.14. The highest BCUT2D eigenvalue weighted by molar-refractivity contribution is 5.39. The molecule has 5 nitrogen and oxygen atoms in total. The molecule has 8 heteroatoms. The molecule has 0 amide bonds. The monoisotopic (exact) mass is 265 g/mol. The maximum atomic E-state index is 12.2. The molecule has 1 aromatic rings. The summed E-state index contributed by atoms with van der Waals surface area (Å²) in [5.74, 6) is 0.521. The van der Waals surface area contributed by atoms with E-state index in [1.54, 1.807) is 6.92 Å². The predicted octanol–water partition coefficient (Wildman–Crippen LogP) is 1.23. The molecule has 1 heterocycles. The molecule has 0 bridgehead atoms. The third kappa shape index (κ3) is 4.02. The molecule has 0 aliphatic heterocycles. The molecular formula is C10H14F3N3O2. The van der Waals surface area contributed by atoms with Gasteiger partial charge in [0.25, 0.3) is 0 Å². The third-order valence-electron chi connectivity index (χ3n) is 2.14. The predicted molar refractivity (Wildman–Crippen MR) is 58.5 cm³/mol. The Morgan fingerprint density at radius 2 is 2.11 bits per heavy atom. The molecule has 0 aromatic carbocycles. The van der Waals surface area contributed by atoms with Crippen LogP contribution in [0.2, 0.25) is 0 Å². The van der Waals surface area contributed by atoms with E-state index in [1.807, 2.05) is 0 Å². The number of alkyl halides is 3. The Morgan fingerprint density at radius 3 is 2.67 bits per heavy atom. The van der Waals surface area contributed by atoms with Crippen LogP contribution in [0, 0.1) is 0 Å². The van der Waals surface area contributed by atoms with Crippen molar-refractivity contribution in [2.24, 2.45) is 0 Å². The maximum absolute atomic E-state index is 12.2. The summed E-state index contributed by atoms with van der Waals surface area (Å²) in [6.45, 7) is 1.55. The van der Waals surface area contributed by atoms with E-state index in [9.17, 15) is 13.2 Å². The van der Waals surface area contributed by atoms with Gasteiger partial charge in [0.1, 0.15) is 12.1 Å². The molecule has 1 unspecified atom stereocenters. The molecule has 1 rings (SSSR count). The van der Waals surface area contributed by atoms with Gasteiger partial charge in [0.05, 0.1) is 13.2 Å². The normalized spacial score (nSPS) is 13.2. The van der Waals surface area contributed by atoms with E-state index in [4.69, 9.17) is 9.84 Å². The molecular weight excluding hydrogens is 251 g/mol. The highest BCUT2D eigenvalue weighted by Gasteiger charge is 2.38. The van der Waals surface area contributed by atoms with Gasteiger partial charge in [-0.05, 0) is 6.92 Å². The fraction of sp³-hybridized carbons (Fsp3) is 0.600. The number of aromatic nitrogens is 2. The minimum atomic E-state index is -4.65. The minimum absolute atomic E-state index is 0.247. The van der Waals surface area contributed by atoms with E-state index in [0.717, 1.165) is 0 Å². The Hall–Kier alpha value is -1.57. The van der Waals surface area contributed by atoms with Crippen molar-refractivity contribution in [3.05, 3.63) is 12.4 Å². The topological polar surface area (TPSA) is 58.5 Å². The first kappa shape index (κ1) is 14.5. The summed E-state index contributed by atoms with van der Waals surface area (Å²) in [5.41, 5.74) is 0. The molecule has 0 aliphatic carbocycles. The van der Waals surface area contributed by atoms with E-state index in [-0.39, 0.29) is 11.7 Å². The molecule has 0 saturated heterocycles. The molecule has 102 valence electrons. The van der Waals surface area contributed by atoms with Gasteiger partial charge in [-0.1, -0.05) is 0 Å². The number of aliphatic hydroxyl groups excluding tert-OH is 1. The summed E-state index contributed by atoms with van der Waals surface area (Å²) in [6.07, 6.45) is -5.88. The van der Waals surface area contributed by atoms with Crippen molar-refractivity contribution in [2.45, 2.75) is 19.2 Å². The second-order valence-corrected chi connectivity index (χ2v) is 3.59. The van der Waals surface area contributed by atoms with Crippen LogP contribution in [0.5, 0.6) is 5.88 Å². The summed E-state index contributed by atoms with van der Waals surface area (Å²) < 4.78 is 41.7. The summed E-state index contributed by atoms with van der Waals surface area (Å²) in [4.78, 5) is 8.79. The Balaban J connectivity index is 2.72. The first-order valence-corrected chi connectivity index (χ1v) is 5.25. The van der Waals surface area contributed by atoms with E-state index in [2.05, 4.69) is 9.97 Å². The van der Waals surface area contributed by atoms with Crippen LogP contribution in [0.4, 0.5) is 19.0 Å². The lowest BCUT2D eigenvalue weighted by Gasteiger charge is -2.23. The van der Waals surface area contributed by atoms with E-state index < -0.39 is 18.8 Å². The quantitative estimate of drug-likeness (QED) is 0.867. The molecule has 1 aromatic heterocycles. The van der Waals surface area contributed by atoms with Crippen molar-refractivity contribution < 1.29 is 23.0 Å². The highest BCUT2D eigenvalue weighted by atomic mass is 19.4. The van der Waals surface area contributed by atoms with Crippen LogP contribution in [0.15, 0.2) is 12.4 Å². The van der Waals surface area contributed by atoms with Crippen LogP contribution >= 0.6 is 0 Å². The van der Waals surface area contributed by atoms with Gasteiger partial charge in [0.2, 0.25) is 5.88 Å². The fourth-order valence-electron chi connectivity index (χ4n) is 1.22. The standard InChI is InChI=1S/C10H14F3N3O2/c1-3-18-9-4-8(14-6-15-9)16(2)5-7(17)10(11,12)13/h4,6-7,17H,3,5H2,1-2H3. The molecule has 1 atom stereocenters. The zero-order valence-electron chi connectivity index (χ0n) is 9.98. The van der Waals surface area contributed by atoms with Crippen molar-refractivity contribution >= 4 is 5.82 Å². The van der Waals surface area contributed by atoms with Gasteiger partial charge in [-0.3, -0.25) is 0 Å². The number of halogens is 3. The lowest BCUT2D eigenvalue weighted by molar-refractivity contribution is -0.200. The fourth-order valence-corrected chi connectivity index (χ4v) is 1.22. The molecule has 0 radical (unpaired) electrons. The van der Waals surface area contributed by atoms with E-state index in [0.29, 0.717) is 6.61 Å². The first-order chi connectivity index (χ1) is 8.34. The largest absolute Gasteiger partial charge is 0.478 e. The average Bonchev–Trinajstić information content (AvgIpc) is 2.28. The van der Waals surface area contributed by atoms with Gasteiger partial charge in [-0.25, -0.2) is 9.97 Å². The van der Waals surface area contributed by atoms with Crippen LogP contribution in [0.25, 0.3) is 0 Å². The van der Waals surface area contributed by atoms with Crippen molar-refractivity contribution in [1.82, 2.24) is 9.97 Å². The number of likely N-dealkylation sites (N-methyl/N-ethyl adjacent to an activating group) is 1. The van der Waals surface area contributed by atoms with E-state index >= 15 is 0 Å². The van der Waals surface area contributed by atoms with Crippen LogP contribution in [0.1, 0.15) is 6.92 Å². The molecule has 0 spiro atoms. The number of hydrogen-bond acceptors (Lipinski definition) is 5. The Labute approximate surface area is 102 Å². The molecule has 0 aliphatic rings. The van der Waals surface area contributed by atoms with Crippen LogP contribution < -0.4 is 9.64 Å². The average molecular weight is 265 g/mol. The first-order valence-electron chi connectivity index (χ1n) is 5.25. The summed E-state index contributed by atoms with van der Waals surface area (Å²) in [5, 5.41) is 8.95. The Bertz CT molecular complexity index is 387. The van der Waals surface area contributed by atoms with Crippen LogP contribution in [-0.2, 0) is 0 Å². The second kappa shape index (κ2) is 5.85. The Kier molecular flexibility index (Phi) is 4.71. The van der Waals surface area contributed by atoms with Gasteiger partial charge in [0, 0.05) is 13.1 Å². The number of hydrogen-bond donors (Lipinski definition) is 1. The van der Waals surface area contributed by atoms with E-state index in [1.165, 1.54) is 24.3 Å². The lowest BCUT2D eigenvalue weighted by atomic mass is 10.3. The van der Waals surface area contributed by atoms with Gasteiger partial charge >= 0.3 is 6.18 Å². The zero-order valence-corrected chi connectivity index (χ0v) is 9.98. The SMILES string of the molecule is CCOc1cc(N(C)CC(O)C(F)(F)F)ncn1. The summed E-state index contributed by atoms with van der Waals surface area (Å²) >= 11 is 0. The number of ether oxygens (including phenoxy) is 1. The molecule has 0 saturated carbocycles. The Morgan fingerprint density at radius 1 is 1.44 bits per heavy atom. The number of rotatable bonds is 5. The smallest absolute Gasteiger partial charge is 0.416 e. The summed E-state index contributed by atoms with van der Waals surface area (Å²) in [7, 11) is 1.40. The van der Waals surface area contributed by atoms with Gasteiger partial charge in [-0.2, -0.15) is 13.2 Å². The van der Waals surface area contributed by atoms with Crippen LogP contribution in [0.3, 0.4) is 0 Å². The minimum Gasteiger partial charge on any atom is -0.478 e. The maximum Gasteiger partial charge on any atom is 0.416 e. The van der Waals surface area contributed by atoms with Crippen molar-refractivity contribution in [3.63, 3.8) is 0 Å². The molecule has 18 heavy (non-hydrogen) atoms. The molecule has 0 fully saturated rings. The van der Waals surface area contributed by atoms with Gasteiger partial charge < -0.3 is 14.7 Å². The van der Waals surface area contributed by atoms with Crippen LogP contribution in [-0.4, -0.2) is 47.6 Å². The highest BCUT2D eigenvalue weighted by Crippen LogP contribution is 2.22. The number of nitrogens with zero attached hydrogens (tertiary/aromatic N) is 3. The number of aliphatic hydroxyl groups is 1. The zero-order chi connectivity index (χ0) is 13.8. The van der Waals surface area contributed by atoms with Crippen molar-refractivity contribution in [1.29, 1.82) is 0 Å². The van der Waals surface area contributed by atoms with Gasteiger partial charge in [0.15, 0.2) is 6.10 Å². The van der Waals surface area contributed by atoms with Gasteiger partial charge in [-0.15, -0.1) is 0 Å². The summed E-state index contributed by atoms with van der Waals surface area (Å²) in [6, 6.07) is 1.41. The lowest BCUT2D eigenvalue weighted by Crippen LogP contribution is -2.39. The second-order valence-electron chi connectivity index (χ2n) is 3.59. The van der Waals surface area contributed by atoms with Crippen molar-refractivity contribution in [3.8, 4) is 5.88 Å². The molecule has 1 N–H and O–H groups in total.